The highest BCUT2D eigenvalue weighted by Gasteiger charge is 2.54. The van der Waals surface area contributed by atoms with E-state index in [9.17, 15) is 5.11 Å². The van der Waals surface area contributed by atoms with Gasteiger partial charge in [0.25, 0.3) is 0 Å². The number of benzene rings is 1. The molecule has 3 nitrogen and oxygen atoms in total. The number of fused-ring (bicyclic) bond motifs is 5. The Hall–Kier alpha value is -1.06. The number of aliphatic hydroxyl groups is 1. The summed E-state index contributed by atoms with van der Waals surface area (Å²) < 4.78 is 0. The molecule has 3 aliphatic rings. The Kier molecular flexibility index (Phi) is 3.05. The average Bonchev–Trinajstić information content (AvgIpc) is 2.82. The highest BCUT2D eigenvalue weighted by molar-refractivity contribution is 5.40. The maximum Gasteiger partial charge on any atom is 0.147 e. The van der Waals surface area contributed by atoms with Crippen LogP contribution in [-0.4, -0.2) is 11.2 Å². The van der Waals surface area contributed by atoms with Gasteiger partial charge in [0.15, 0.2) is 0 Å². The van der Waals surface area contributed by atoms with Crippen molar-refractivity contribution in [1.82, 2.24) is 0 Å². The highest BCUT2D eigenvalue weighted by Crippen LogP contribution is 2.60. The summed E-state index contributed by atoms with van der Waals surface area (Å²) in [5, 5.41) is 10.4. The lowest BCUT2D eigenvalue weighted by Crippen LogP contribution is -2.43. The number of hydrogen-bond acceptors (Lipinski definition) is 3. The van der Waals surface area contributed by atoms with Crippen LogP contribution in [0.2, 0.25) is 0 Å². The molecule has 3 aliphatic carbocycles. The maximum atomic E-state index is 10.4. The van der Waals surface area contributed by atoms with Crippen molar-refractivity contribution in [3.8, 4) is 5.75 Å². The van der Waals surface area contributed by atoms with Crippen molar-refractivity contribution in [3.05, 3.63) is 29.3 Å². The summed E-state index contributed by atoms with van der Waals surface area (Å²) in [6.07, 6.45) is 6.86. The van der Waals surface area contributed by atoms with E-state index >= 15 is 0 Å². The molecule has 0 radical (unpaired) electrons. The van der Waals surface area contributed by atoms with Crippen LogP contribution < -0.4 is 10.7 Å². The van der Waals surface area contributed by atoms with E-state index in [2.05, 4.69) is 19.1 Å². The topological polar surface area (TPSA) is 55.5 Å². The summed E-state index contributed by atoms with van der Waals surface area (Å²) in [7, 11) is 0. The zero-order valence-electron chi connectivity index (χ0n) is 12.7. The van der Waals surface area contributed by atoms with Crippen molar-refractivity contribution in [2.75, 3.05) is 0 Å². The van der Waals surface area contributed by atoms with Gasteiger partial charge in [0, 0.05) is 0 Å². The molecule has 1 aromatic carbocycles. The Morgan fingerprint density at radius 2 is 2.10 bits per heavy atom. The molecular weight excluding hydrogens is 262 g/mol. The van der Waals surface area contributed by atoms with Crippen LogP contribution in [-0.2, 0) is 6.42 Å². The van der Waals surface area contributed by atoms with E-state index in [1.165, 1.54) is 30.4 Å². The maximum absolute atomic E-state index is 10.4. The number of hydrogen-bond donors (Lipinski definition) is 2. The minimum absolute atomic E-state index is 0.0853. The molecule has 1 aromatic rings. The molecule has 3 N–H and O–H groups in total. The summed E-state index contributed by atoms with van der Waals surface area (Å²) in [6, 6.07) is 6.34. The third kappa shape index (κ3) is 1.87. The first-order valence-corrected chi connectivity index (χ1v) is 8.31. The molecular formula is C18H25NO2. The number of rotatable bonds is 1. The fourth-order valence-electron chi connectivity index (χ4n) is 5.60. The van der Waals surface area contributed by atoms with Crippen LogP contribution in [0.4, 0.5) is 0 Å². The fraction of sp³-hybridized carbons (Fsp3) is 0.667. The third-order valence-corrected chi connectivity index (χ3v) is 6.78. The van der Waals surface area contributed by atoms with E-state index in [0.717, 1.165) is 30.9 Å². The first kappa shape index (κ1) is 13.6. The Morgan fingerprint density at radius 1 is 1.24 bits per heavy atom. The predicted molar refractivity (Wildman–Crippen MR) is 81.9 cm³/mol. The normalized spacial score (nSPS) is 41.1. The van der Waals surface area contributed by atoms with Crippen LogP contribution in [0.25, 0.3) is 0 Å². The average molecular weight is 287 g/mol. The predicted octanol–water partition coefficient (Wildman–Crippen LogP) is 3.16. The Labute approximate surface area is 126 Å². The summed E-state index contributed by atoms with van der Waals surface area (Å²) in [5.41, 5.74) is 3.09. The van der Waals surface area contributed by atoms with Gasteiger partial charge in [-0.15, -0.1) is 0 Å². The fourth-order valence-corrected chi connectivity index (χ4v) is 5.60. The van der Waals surface area contributed by atoms with Gasteiger partial charge >= 0.3 is 0 Å². The van der Waals surface area contributed by atoms with Crippen molar-refractivity contribution >= 4 is 0 Å². The van der Waals surface area contributed by atoms with Gasteiger partial charge in [0.1, 0.15) is 5.75 Å². The van der Waals surface area contributed by atoms with E-state index in [-0.39, 0.29) is 11.5 Å². The molecule has 2 unspecified atom stereocenters. The van der Waals surface area contributed by atoms with Gasteiger partial charge in [-0.2, -0.15) is 5.90 Å². The molecule has 5 atom stereocenters. The standard InChI is InChI=1S/C18H25NO2/c1-18-9-8-14-13-5-3-12(21-19)10-11(13)2-4-15(14)16(18)6-7-17(18)20/h3,5,10,14-17,20H,2,4,6-9,19H2,1H3/t14?,15-,16?,17+,18+/m1/s1. The van der Waals surface area contributed by atoms with Crippen molar-refractivity contribution in [1.29, 1.82) is 0 Å². The molecule has 21 heavy (non-hydrogen) atoms. The van der Waals surface area contributed by atoms with E-state index in [4.69, 9.17) is 10.7 Å². The molecule has 0 heterocycles. The molecule has 0 aromatic heterocycles. The molecule has 3 heteroatoms. The highest BCUT2D eigenvalue weighted by atomic mass is 16.6. The van der Waals surface area contributed by atoms with Crippen molar-refractivity contribution in [3.63, 3.8) is 0 Å². The number of aliphatic hydroxyl groups excluding tert-OH is 1. The van der Waals surface area contributed by atoms with Crippen LogP contribution in [0.3, 0.4) is 0 Å². The molecule has 0 amide bonds. The summed E-state index contributed by atoms with van der Waals surface area (Å²) in [4.78, 5) is 4.88. The summed E-state index contributed by atoms with van der Waals surface area (Å²) in [5.74, 6) is 8.17. The molecule has 114 valence electrons. The second kappa shape index (κ2) is 4.72. The molecule has 0 saturated heterocycles. The molecule has 0 spiro atoms. The van der Waals surface area contributed by atoms with Crippen molar-refractivity contribution < 1.29 is 9.94 Å². The van der Waals surface area contributed by atoms with E-state index < -0.39 is 0 Å². The largest absolute Gasteiger partial charge is 0.412 e. The van der Waals surface area contributed by atoms with Crippen molar-refractivity contribution in [2.24, 2.45) is 23.1 Å². The quantitative estimate of drug-likeness (QED) is 0.780. The van der Waals surface area contributed by atoms with Gasteiger partial charge < -0.3 is 9.94 Å². The van der Waals surface area contributed by atoms with Crippen LogP contribution in [0.15, 0.2) is 18.2 Å². The lowest BCUT2D eigenvalue weighted by atomic mass is 9.55. The van der Waals surface area contributed by atoms with Gasteiger partial charge in [-0.3, -0.25) is 0 Å². The van der Waals surface area contributed by atoms with E-state index in [1.54, 1.807) is 0 Å². The zero-order valence-corrected chi connectivity index (χ0v) is 12.7. The molecule has 2 fully saturated rings. The Bertz CT molecular complexity index is 558. The second-order valence-corrected chi connectivity index (χ2v) is 7.53. The molecule has 0 bridgehead atoms. The zero-order chi connectivity index (χ0) is 14.6. The molecule has 2 saturated carbocycles. The van der Waals surface area contributed by atoms with Gasteiger partial charge in [0.2, 0.25) is 0 Å². The van der Waals surface area contributed by atoms with Crippen LogP contribution in [0.5, 0.6) is 5.75 Å². The van der Waals surface area contributed by atoms with E-state index in [1.807, 2.05) is 6.07 Å². The minimum atomic E-state index is -0.0853. The van der Waals surface area contributed by atoms with Gasteiger partial charge in [-0.05, 0) is 85.0 Å². The molecule has 4 rings (SSSR count). The van der Waals surface area contributed by atoms with Gasteiger partial charge in [0.05, 0.1) is 6.10 Å². The van der Waals surface area contributed by atoms with Gasteiger partial charge in [-0.1, -0.05) is 13.0 Å². The number of aryl methyl sites for hydroxylation is 1. The summed E-state index contributed by atoms with van der Waals surface area (Å²) in [6.45, 7) is 2.33. The Morgan fingerprint density at radius 3 is 2.90 bits per heavy atom. The minimum Gasteiger partial charge on any atom is -0.412 e. The summed E-state index contributed by atoms with van der Waals surface area (Å²) >= 11 is 0. The Balaban J connectivity index is 1.68. The third-order valence-electron chi connectivity index (χ3n) is 6.78. The van der Waals surface area contributed by atoms with Crippen LogP contribution in [0.1, 0.15) is 56.1 Å². The monoisotopic (exact) mass is 287 g/mol. The molecule has 0 aliphatic heterocycles. The first-order chi connectivity index (χ1) is 10.1. The number of nitrogens with two attached hydrogens (primary N) is 1. The second-order valence-electron chi connectivity index (χ2n) is 7.53. The lowest BCUT2D eigenvalue weighted by molar-refractivity contribution is -0.0226. The lowest BCUT2D eigenvalue weighted by Gasteiger charge is -2.50. The van der Waals surface area contributed by atoms with Gasteiger partial charge in [-0.25, -0.2) is 0 Å². The SMILES string of the molecule is C[C@]12CCC3c4ccc(ON)cc4CC[C@H]3C1CC[C@@H]2O. The van der Waals surface area contributed by atoms with Crippen LogP contribution >= 0.6 is 0 Å². The van der Waals surface area contributed by atoms with Crippen molar-refractivity contribution in [2.45, 2.75) is 57.5 Å². The first-order valence-electron chi connectivity index (χ1n) is 8.31. The van der Waals surface area contributed by atoms with Crippen LogP contribution in [0, 0.1) is 17.3 Å². The smallest absolute Gasteiger partial charge is 0.147 e. The van der Waals surface area contributed by atoms with E-state index in [0.29, 0.717) is 11.8 Å².